The van der Waals surface area contributed by atoms with Crippen LogP contribution in [0.4, 0.5) is 4.79 Å². The molecule has 0 heterocycles. The Kier molecular flexibility index (Phi) is 5.22. The monoisotopic (exact) mass is 416 g/mol. The summed E-state index contributed by atoms with van der Waals surface area (Å²) in [6, 6.07) is 3.79. The van der Waals surface area contributed by atoms with Crippen molar-refractivity contribution in [2.24, 2.45) is 16.7 Å². The molecule has 5 unspecified atom stereocenters. The van der Waals surface area contributed by atoms with Gasteiger partial charge in [0.15, 0.2) is 0 Å². The molecular weight excluding hydrogens is 392 g/mol. The second-order valence-electron chi connectivity index (χ2n) is 7.43. The summed E-state index contributed by atoms with van der Waals surface area (Å²) in [6.45, 7) is 7.66. The average Bonchev–Trinajstić information content (AvgIpc) is 3.14. The van der Waals surface area contributed by atoms with E-state index in [2.05, 4.69) is 18.5 Å². The van der Waals surface area contributed by atoms with Crippen LogP contribution in [0.25, 0.3) is 0 Å². The van der Waals surface area contributed by atoms with Gasteiger partial charge >= 0.3 is 6.03 Å². The van der Waals surface area contributed by atoms with Gasteiger partial charge < -0.3 is 21.2 Å². The number of fused-ring (bicyclic) bond motifs is 2. The number of rotatable bonds is 7. The van der Waals surface area contributed by atoms with Gasteiger partial charge in [0.25, 0.3) is 10.0 Å². The minimum absolute atomic E-state index is 0.116. The topological polar surface area (TPSA) is 143 Å². The van der Waals surface area contributed by atoms with E-state index in [4.69, 9.17) is 10.8 Å². The number of benzene rings is 1. The SMILES string of the molecule is C=CC1(C=N)C2CCC1(C=C)C(O)C2NC(=O)NS(=O)(=O)c1ccc(C=N)cc1. The number of carbonyl (C=O) groups excluding carboxylic acids is 1. The predicted octanol–water partition coefficient (Wildman–Crippen LogP) is 1.82. The summed E-state index contributed by atoms with van der Waals surface area (Å²) in [4.78, 5) is 12.3. The average molecular weight is 417 g/mol. The number of nitrogens with one attached hydrogen (secondary N) is 4. The highest BCUT2D eigenvalue weighted by Crippen LogP contribution is 2.66. The van der Waals surface area contributed by atoms with Crippen molar-refractivity contribution in [1.82, 2.24) is 10.0 Å². The zero-order valence-corrected chi connectivity index (χ0v) is 16.6. The fourth-order valence-electron chi connectivity index (χ4n) is 4.94. The van der Waals surface area contributed by atoms with Crippen LogP contribution in [0.3, 0.4) is 0 Å². The molecule has 2 aliphatic rings. The Balaban J connectivity index is 1.80. The van der Waals surface area contributed by atoms with Crippen LogP contribution in [0.5, 0.6) is 0 Å². The van der Waals surface area contributed by atoms with Crippen LogP contribution in [0.15, 0.2) is 54.5 Å². The Bertz CT molecular complexity index is 965. The molecule has 0 spiro atoms. The number of sulfonamides is 1. The highest BCUT2D eigenvalue weighted by atomic mass is 32.2. The van der Waals surface area contributed by atoms with Gasteiger partial charge in [-0.25, -0.2) is 17.9 Å². The summed E-state index contributed by atoms with van der Waals surface area (Å²) in [5, 5.41) is 28.6. The molecule has 5 N–H and O–H groups in total. The molecule has 9 heteroatoms. The number of aliphatic hydroxyl groups excluding tert-OH is 1. The van der Waals surface area contributed by atoms with Crippen LogP contribution >= 0.6 is 0 Å². The zero-order valence-electron chi connectivity index (χ0n) is 15.8. The first-order chi connectivity index (χ1) is 13.7. The van der Waals surface area contributed by atoms with Crippen LogP contribution in [0.1, 0.15) is 18.4 Å². The molecule has 5 atom stereocenters. The third-order valence-electron chi connectivity index (χ3n) is 6.41. The lowest BCUT2D eigenvalue weighted by molar-refractivity contribution is 0.0376. The Morgan fingerprint density at radius 2 is 1.86 bits per heavy atom. The molecule has 8 nitrogen and oxygen atoms in total. The molecule has 1 aromatic rings. The summed E-state index contributed by atoms with van der Waals surface area (Å²) in [5.74, 6) is -0.300. The molecule has 0 saturated heterocycles. The Labute approximate surface area is 169 Å². The quantitative estimate of drug-likeness (QED) is 0.341. The molecule has 0 aromatic heterocycles. The molecule has 154 valence electrons. The maximum atomic E-state index is 12.5. The van der Waals surface area contributed by atoms with Gasteiger partial charge in [0.05, 0.1) is 17.0 Å². The van der Waals surface area contributed by atoms with E-state index in [1.54, 1.807) is 12.2 Å². The number of hydrogen-bond donors (Lipinski definition) is 5. The lowest BCUT2D eigenvalue weighted by atomic mass is 9.66. The van der Waals surface area contributed by atoms with Crippen molar-refractivity contribution in [3.8, 4) is 0 Å². The van der Waals surface area contributed by atoms with E-state index >= 15 is 0 Å². The standard InChI is InChI=1S/C20H24N4O4S/c1-3-19-10-9-15(20(19,4-2)12-22)16(17(19)25)23-18(26)24-29(27,28)14-7-5-13(11-21)6-8-14/h3-8,11-12,15-17,21-22,25H,1-2,9-10H2,(H2,23,24,26). The van der Waals surface area contributed by atoms with E-state index in [1.807, 2.05) is 4.72 Å². The molecule has 3 rings (SSSR count). The second kappa shape index (κ2) is 7.23. The molecule has 2 fully saturated rings. The van der Waals surface area contributed by atoms with Gasteiger partial charge in [-0.15, -0.1) is 13.2 Å². The van der Waals surface area contributed by atoms with Crippen molar-refractivity contribution >= 4 is 28.5 Å². The Hall–Kier alpha value is -2.78. The number of hydrogen-bond acceptors (Lipinski definition) is 6. The van der Waals surface area contributed by atoms with Gasteiger partial charge in [-0.2, -0.15) is 0 Å². The van der Waals surface area contributed by atoms with Crippen molar-refractivity contribution < 1.29 is 18.3 Å². The minimum atomic E-state index is -4.12. The lowest BCUT2D eigenvalue weighted by Gasteiger charge is -2.38. The molecule has 2 aliphatic carbocycles. The van der Waals surface area contributed by atoms with Crippen LogP contribution in [-0.2, 0) is 10.0 Å². The van der Waals surface area contributed by atoms with E-state index in [0.717, 1.165) is 6.21 Å². The van der Waals surface area contributed by atoms with Gasteiger partial charge in [0.1, 0.15) is 0 Å². The molecule has 0 aliphatic heterocycles. The smallest absolute Gasteiger partial charge is 0.329 e. The van der Waals surface area contributed by atoms with Gasteiger partial charge in [-0.1, -0.05) is 24.3 Å². The van der Waals surface area contributed by atoms with E-state index < -0.39 is 39.0 Å². The van der Waals surface area contributed by atoms with Crippen LogP contribution < -0.4 is 10.0 Å². The fourth-order valence-corrected chi connectivity index (χ4v) is 5.86. The largest absolute Gasteiger partial charge is 0.390 e. The highest BCUT2D eigenvalue weighted by Gasteiger charge is 2.69. The summed E-state index contributed by atoms with van der Waals surface area (Å²) in [5.41, 5.74) is -1.16. The number of amides is 2. The Morgan fingerprint density at radius 1 is 1.21 bits per heavy atom. The first kappa shape index (κ1) is 20.9. The fraction of sp³-hybridized carbons (Fsp3) is 0.350. The first-order valence-corrected chi connectivity index (χ1v) is 10.6. The van der Waals surface area contributed by atoms with Crippen molar-refractivity contribution in [2.45, 2.75) is 29.9 Å². The van der Waals surface area contributed by atoms with Crippen molar-refractivity contribution in [3.63, 3.8) is 0 Å². The predicted molar refractivity (Wildman–Crippen MR) is 110 cm³/mol. The molecule has 2 bridgehead atoms. The zero-order chi connectivity index (χ0) is 21.4. The van der Waals surface area contributed by atoms with E-state index in [1.165, 1.54) is 30.5 Å². The number of allylic oxidation sites excluding steroid dienone is 1. The molecule has 0 radical (unpaired) electrons. The number of carbonyl (C=O) groups is 1. The molecule has 1 aromatic carbocycles. The third kappa shape index (κ3) is 2.92. The lowest BCUT2D eigenvalue weighted by Crippen LogP contribution is -2.53. The maximum absolute atomic E-state index is 12.5. The number of urea groups is 1. The second-order valence-corrected chi connectivity index (χ2v) is 9.12. The van der Waals surface area contributed by atoms with E-state index in [9.17, 15) is 18.3 Å². The van der Waals surface area contributed by atoms with Crippen molar-refractivity contribution in [2.75, 3.05) is 0 Å². The molecule has 29 heavy (non-hydrogen) atoms. The summed E-state index contributed by atoms with van der Waals surface area (Å²) < 4.78 is 26.9. The summed E-state index contributed by atoms with van der Waals surface area (Å²) in [6.07, 6.45) is 5.75. The first-order valence-electron chi connectivity index (χ1n) is 9.12. The Morgan fingerprint density at radius 3 is 2.34 bits per heavy atom. The highest BCUT2D eigenvalue weighted by molar-refractivity contribution is 7.90. The molecular formula is C20H24N4O4S. The maximum Gasteiger partial charge on any atom is 0.329 e. The summed E-state index contributed by atoms with van der Waals surface area (Å²) in [7, 11) is -4.12. The van der Waals surface area contributed by atoms with Gasteiger partial charge in [-0.05, 0) is 36.5 Å². The summed E-state index contributed by atoms with van der Waals surface area (Å²) >= 11 is 0. The van der Waals surface area contributed by atoms with E-state index in [-0.39, 0.29) is 10.8 Å². The minimum Gasteiger partial charge on any atom is -0.390 e. The molecule has 2 amide bonds. The normalized spacial score (nSPS) is 32.9. The third-order valence-corrected chi connectivity index (χ3v) is 7.76. The van der Waals surface area contributed by atoms with Crippen LogP contribution in [0, 0.1) is 27.6 Å². The van der Waals surface area contributed by atoms with Crippen molar-refractivity contribution in [3.05, 3.63) is 55.1 Å². The van der Waals surface area contributed by atoms with Crippen molar-refractivity contribution in [1.29, 1.82) is 10.8 Å². The number of aliphatic hydroxyl groups is 1. The van der Waals surface area contributed by atoms with Crippen LogP contribution in [0.2, 0.25) is 0 Å². The van der Waals surface area contributed by atoms with Gasteiger partial charge in [-0.3, -0.25) is 0 Å². The van der Waals surface area contributed by atoms with Gasteiger partial charge in [0.2, 0.25) is 0 Å². The van der Waals surface area contributed by atoms with E-state index in [0.29, 0.717) is 18.4 Å². The van der Waals surface area contributed by atoms with Crippen LogP contribution in [-0.4, -0.2) is 44.1 Å². The van der Waals surface area contributed by atoms with Gasteiger partial charge in [0, 0.05) is 23.3 Å². The molecule has 2 saturated carbocycles.